The quantitative estimate of drug-likeness (QED) is 0.681. The van der Waals surface area contributed by atoms with Gasteiger partial charge in [-0.3, -0.25) is 9.13 Å². The summed E-state index contributed by atoms with van der Waals surface area (Å²) in [5.74, 6) is 0. The maximum absolute atomic E-state index is 12.6. The number of benzene rings is 2. The monoisotopic (exact) mass is 366 g/mol. The molecule has 24 heavy (non-hydrogen) atoms. The molecule has 2 aromatic rings. The van der Waals surface area contributed by atoms with E-state index in [0.717, 1.165) is 11.1 Å². The van der Waals surface area contributed by atoms with Gasteiger partial charge >= 0.3 is 0 Å². The summed E-state index contributed by atoms with van der Waals surface area (Å²) in [5, 5.41) is -1.10. The summed E-state index contributed by atoms with van der Waals surface area (Å²) in [7, 11) is -7.41. The van der Waals surface area contributed by atoms with E-state index < -0.39 is 20.1 Å². The number of hydrogen-bond acceptors (Lipinski definition) is 2. The minimum absolute atomic E-state index is 0.0219. The highest BCUT2D eigenvalue weighted by atomic mass is 31.2. The van der Waals surface area contributed by atoms with Gasteiger partial charge < -0.3 is 9.79 Å². The fraction of sp³-hybridized carbons (Fsp3) is 0.333. The molecule has 0 radical (unpaired) electrons. The molecule has 0 bridgehead atoms. The Morgan fingerprint density at radius 3 is 1.42 bits per heavy atom. The lowest BCUT2D eigenvalue weighted by atomic mass is 10.2. The minimum atomic E-state index is -3.70. The molecule has 6 heteroatoms. The predicted molar refractivity (Wildman–Crippen MR) is 99.1 cm³/mol. The van der Waals surface area contributed by atoms with Crippen LogP contribution in [0.5, 0.6) is 0 Å². The summed E-state index contributed by atoms with van der Waals surface area (Å²) < 4.78 is 25.1. The van der Waals surface area contributed by atoms with Gasteiger partial charge in [0.15, 0.2) is 0 Å². The normalized spacial score (nSPS) is 17.6. The highest BCUT2D eigenvalue weighted by molar-refractivity contribution is 7.76. The zero-order valence-electron chi connectivity index (χ0n) is 13.8. The Balaban J connectivity index is 1.97. The zero-order chi connectivity index (χ0) is 17.6. The van der Waals surface area contributed by atoms with Crippen LogP contribution in [0.3, 0.4) is 0 Å². The first-order valence-corrected chi connectivity index (χ1v) is 11.8. The first-order chi connectivity index (χ1) is 11.3. The molecule has 4 nitrogen and oxygen atoms in total. The van der Waals surface area contributed by atoms with Crippen LogP contribution in [0.25, 0.3) is 0 Å². The molecule has 0 spiro atoms. The van der Waals surface area contributed by atoms with E-state index in [4.69, 9.17) is 0 Å². The zero-order valence-corrected chi connectivity index (χ0v) is 15.6. The van der Waals surface area contributed by atoms with Crippen molar-refractivity contribution in [2.24, 2.45) is 0 Å². The number of rotatable bonds is 8. The summed E-state index contributed by atoms with van der Waals surface area (Å²) in [6, 6.07) is 18.8. The molecule has 2 unspecified atom stereocenters. The van der Waals surface area contributed by atoms with Crippen LogP contribution in [0.4, 0.5) is 0 Å². The van der Waals surface area contributed by atoms with Gasteiger partial charge in [0.2, 0.25) is 14.7 Å². The molecule has 0 heterocycles. The second-order valence-corrected chi connectivity index (χ2v) is 11.9. The van der Waals surface area contributed by atoms with Crippen molar-refractivity contribution in [2.45, 2.75) is 25.2 Å². The van der Waals surface area contributed by atoms with Crippen molar-refractivity contribution in [1.82, 2.24) is 0 Å². The van der Waals surface area contributed by atoms with Crippen molar-refractivity contribution in [3.05, 3.63) is 71.8 Å². The van der Waals surface area contributed by atoms with E-state index in [0.29, 0.717) is 12.8 Å². The molecule has 0 aromatic heterocycles. The molecular weight excluding hydrogens is 342 g/mol. The summed E-state index contributed by atoms with van der Waals surface area (Å²) >= 11 is 0. The van der Waals surface area contributed by atoms with E-state index >= 15 is 0 Å². The summed E-state index contributed by atoms with van der Waals surface area (Å²) in [6.07, 6.45) is 0.900. The van der Waals surface area contributed by atoms with Gasteiger partial charge in [0.1, 0.15) is 5.40 Å². The summed E-state index contributed by atoms with van der Waals surface area (Å²) in [4.78, 5) is 20.6. The van der Waals surface area contributed by atoms with E-state index in [-0.39, 0.29) is 12.3 Å². The van der Waals surface area contributed by atoms with Gasteiger partial charge in [-0.15, -0.1) is 0 Å². The van der Waals surface area contributed by atoms with Gasteiger partial charge in [-0.25, -0.2) is 0 Å². The average Bonchev–Trinajstić information content (AvgIpc) is 2.59. The fourth-order valence-corrected chi connectivity index (χ4v) is 7.38. The van der Waals surface area contributed by atoms with Crippen LogP contribution < -0.4 is 0 Å². The molecule has 0 aliphatic rings. The Labute approximate surface area is 143 Å². The van der Waals surface area contributed by atoms with Gasteiger partial charge in [-0.1, -0.05) is 60.7 Å². The Morgan fingerprint density at radius 2 is 1.08 bits per heavy atom. The van der Waals surface area contributed by atoms with Crippen LogP contribution in [-0.4, -0.2) is 27.5 Å². The van der Waals surface area contributed by atoms with Gasteiger partial charge in [0.05, 0.1) is 0 Å². The van der Waals surface area contributed by atoms with E-state index in [1.165, 1.54) is 6.92 Å². The van der Waals surface area contributed by atoms with Crippen molar-refractivity contribution in [3.63, 3.8) is 0 Å². The largest absolute Gasteiger partial charge is 0.344 e. The lowest BCUT2D eigenvalue weighted by Crippen LogP contribution is -2.12. The number of hydrogen-bond donors (Lipinski definition) is 2. The van der Waals surface area contributed by atoms with Crippen LogP contribution in [0.15, 0.2) is 60.7 Å². The van der Waals surface area contributed by atoms with Crippen LogP contribution in [0.1, 0.15) is 18.1 Å². The Bertz CT molecular complexity index is 668. The van der Waals surface area contributed by atoms with Gasteiger partial charge in [-0.2, -0.15) is 0 Å². The first-order valence-electron chi connectivity index (χ1n) is 8.02. The SMILES string of the molecule is CC(P(=O)(O)CCc1ccccc1)P(=O)(O)CCc1ccccc1. The topological polar surface area (TPSA) is 74.6 Å². The smallest absolute Gasteiger partial charge is 0.213 e. The third kappa shape index (κ3) is 5.43. The maximum atomic E-state index is 12.6. The van der Waals surface area contributed by atoms with Crippen LogP contribution in [0, 0.1) is 0 Å². The molecule has 0 fully saturated rings. The lowest BCUT2D eigenvalue weighted by Gasteiger charge is -2.24. The highest BCUT2D eigenvalue weighted by Crippen LogP contribution is 2.64. The molecule has 2 rings (SSSR count). The fourth-order valence-electron chi connectivity index (χ4n) is 2.52. The van der Waals surface area contributed by atoms with Crippen LogP contribution >= 0.6 is 14.7 Å². The summed E-state index contributed by atoms with van der Waals surface area (Å²) in [5.41, 5.74) is 1.91. The Hall–Kier alpha value is -1.18. The van der Waals surface area contributed by atoms with Crippen molar-refractivity contribution in [2.75, 3.05) is 12.3 Å². The van der Waals surface area contributed by atoms with Crippen LogP contribution in [0.2, 0.25) is 0 Å². The van der Waals surface area contributed by atoms with E-state index in [1.807, 2.05) is 60.7 Å². The summed E-state index contributed by atoms with van der Waals surface area (Å²) in [6.45, 7) is 1.43. The lowest BCUT2D eigenvalue weighted by molar-refractivity contribution is 0.452. The highest BCUT2D eigenvalue weighted by Gasteiger charge is 2.40. The van der Waals surface area contributed by atoms with E-state index in [9.17, 15) is 18.9 Å². The van der Waals surface area contributed by atoms with Crippen molar-refractivity contribution in [1.29, 1.82) is 0 Å². The van der Waals surface area contributed by atoms with Crippen molar-refractivity contribution in [3.8, 4) is 0 Å². The van der Waals surface area contributed by atoms with E-state index in [2.05, 4.69) is 0 Å². The van der Waals surface area contributed by atoms with E-state index in [1.54, 1.807) is 0 Å². The van der Waals surface area contributed by atoms with Gasteiger partial charge in [0, 0.05) is 12.3 Å². The molecule has 0 amide bonds. The molecule has 2 atom stereocenters. The van der Waals surface area contributed by atoms with Gasteiger partial charge in [-0.05, 0) is 30.9 Å². The molecular formula is C18H24O4P2. The molecule has 0 saturated carbocycles. The standard InChI is InChI=1S/C18H24O4P2/c1-16(23(19,20)14-12-17-8-4-2-5-9-17)24(21,22)15-13-18-10-6-3-7-11-18/h2-11,16H,12-15H2,1H3,(H,19,20)(H,21,22). The molecule has 2 N–H and O–H groups in total. The molecule has 130 valence electrons. The molecule has 0 aliphatic heterocycles. The Morgan fingerprint density at radius 1 is 0.750 bits per heavy atom. The number of aryl methyl sites for hydroxylation is 2. The third-order valence-corrected chi connectivity index (χ3v) is 10.5. The Kier molecular flexibility index (Phi) is 6.60. The molecule has 0 saturated heterocycles. The first kappa shape index (κ1) is 19.1. The van der Waals surface area contributed by atoms with Crippen molar-refractivity contribution >= 4 is 14.7 Å². The second kappa shape index (κ2) is 8.27. The average molecular weight is 366 g/mol. The van der Waals surface area contributed by atoms with Gasteiger partial charge in [0.25, 0.3) is 0 Å². The van der Waals surface area contributed by atoms with Crippen LogP contribution in [-0.2, 0) is 22.0 Å². The molecule has 2 aromatic carbocycles. The molecule has 0 aliphatic carbocycles. The predicted octanol–water partition coefficient (Wildman–Crippen LogP) is 4.36. The third-order valence-electron chi connectivity index (χ3n) is 4.30. The second-order valence-electron chi connectivity index (χ2n) is 6.06. The van der Waals surface area contributed by atoms with Crippen molar-refractivity contribution < 1.29 is 18.9 Å². The minimum Gasteiger partial charge on any atom is -0.344 e. The maximum Gasteiger partial charge on any atom is 0.213 e.